The SMILES string of the molecule is CCCNc1ncc(CN2CCCCC2=O)s1. The van der Waals surface area contributed by atoms with Crippen LogP contribution in [0.2, 0.25) is 0 Å². The number of thiazole rings is 1. The fourth-order valence-corrected chi connectivity index (χ4v) is 2.77. The third-order valence-electron chi connectivity index (χ3n) is 2.85. The Kier molecular flexibility index (Phi) is 4.36. The topological polar surface area (TPSA) is 45.2 Å². The number of aromatic nitrogens is 1. The van der Waals surface area contributed by atoms with Gasteiger partial charge in [-0.25, -0.2) is 4.98 Å². The normalized spacial score (nSPS) is 16.3. The van der Waals surface area contributed by atoms with E-state index in [2.05, 4.69) is 17.2 Å². The van der Waals surface area contributed by atoms with Gasteiger partial charge in [-0.1, -0.05) is 6.92 Å². The van der Waals surface area contributed by atoms with E-state index in [1.165, 1.54) is 4.88 Å². The number of hydrogen-bond acceptors (Lipinski definition) is 4. The highest BCUT2D eigenvalue weighted by Crippen LogP contribution is 2.21. The summed E-state index contributed by atoms with van der Waals surface area (Å²) in [5, 5.41) is 4.23. The van der Waals surface area contributed by atoms with Gasteiger partial charge in [0.2, 0.25) is 5.91 Å². The minimum atomic E-state index is 0.285. The highest BCUT2D eigenvalue weighted by Gasteiger charge is 2.18. The Bertz CT molecular complexity index is 378. The van der Waals surface area contributed by atoms with Crippen LogP contribution in [0.3, 0.4) is 0 Å². The molecule has 17 heavy (non-hydrogen) atoms. The van der Waals surface area contributed by atoms with Crippen LogP contribution in [-0.2, 0) is 11.3 Å². The van der Waals surface area contributed by atoms with Gasteiger partial charge in [0.25, 0.3) is 0 Å². The van der Waals surface area contributed by atoms with Crippen LogP contribution in [0.1, 0.15) is 37.5 Å². The zero-order chi connectivity index (χ0) is 12.1. The molecule has 1 aromatic heterocycles. The third kappa shape index (κ3) is 3.43. The Morgan fingerprint density at radius 3 is 3.18 bits per heavy atom. The van der Waals surface area contributed by atoms with Crippen molar-refractivity contribution in [2.75, 3.05) is 18.4 Å². The zero-order valence-electron chi connectivity index (χ0n) is 10.2. The predicted molar refractivity (Wildman–Crippen MR) is 70.2 cm³/mol. The van der Waals surface area contributed by atoms with E-state index in [0.717, 1.165) is 44.0 Å². The fourth-order valence-electron chi connectivity index (χ4n) is 1.91. The summed E-state index contributed by atoms with van der Waals surface area (Å²) in [5.74, 6) is 0.285. The van der Waals surface area contributed by atoms with Crippen LogP contribution in [0.5, 0.6) is 0 Å². The van der Waals surface area contributed by atoms with Crippen molar-refractivity contribution >= 4 is 22.4 Å². The Hall–Kier alpha value is -1.10. The van der Waals surface area contributed by atoms with Gasteiger partial charge in [-0.05, 0) is 19.3 Å². The maximum Gasteiger partial charge on any atom is 0.222 e. The Morgan fingerprint density at radius 2 is 2.41 bits per heavy atom. The fraction of sp³-hybridized carbons (Fsp3) is 0.667. The van der Waals surface area contributed by atoms with Gasteiger partial charge in [0.15, 0.2) is 5.13 Å². The number of hydrogen-bond donors (Lipinski definition) is 1. The van der Waals surface area contributed by atoms with E-state index in [-0.39, 0.29) is 5.91 Å². The van der Waals surface area contributed by atoms with Crippen molar-refractivity contribution < 1.29 is 4.79 Å². The van der Waals surface area contributed by atoms with Gasteiger partial charge in [-0.2, -0.15) is 0 Å². The average molecular weight is 253 g/mol. The lowest BCUT2D eigenvalue weighted by atomic mass is 10.1. The number of carbonyl (C=O) groups is 1. The van der Waals surface area contributed by atoms with Crippen LogP contribution >= 0.6 is 11.3 Å². The number of nitrogens with one attached hydrogen (secondary N) is 1. The van der Waals surface area contributed by atoms with Crippen LogP contribution < -0.4 is 5.32 Å². The molecule has 1 fully saturated rings. The molecule has 4 nitrogen and oxygen atoms in total. The van der Waals surface area contributed by atoms with Crippen molar-refractivity contribution in [1.82, 2.24) is 9.88 Å². The molecule has 0 aliphatic carbocycles. The quantitative estimate of drug-likeness (QED) is 0.877. The number of piperidine rings is 1. The molecule has 0 saturated carbocycles. The lowest BCUT2D eigenvalue weighted by Crippen LogP contribution is -2.34. The van der Waals surface area contributed by atoms with Gasteiger partial charge in [0.05, 0.1) is 6.54 Å². The lowest BCUT2D eigenvalue weighted by Gasteiger charge is -2.25. The van der Waals surface area contributed by atoms with Crippen LogP contribution in [0, 0.1) is 0 Å². The second kappa shape index (κ2) is 6.00. The van der Waals surface area contributed by atoms with Gasteiger partial charge >= 0.3 is 0 Å². The Morgan fingerprint density at radius 1 is 1.53 bits per heavy atom. The highest BCUT2D eigenvalue weighted by molar-refractivity contribution is 7.15. The summed E-state index contributed by atoms with van der Waals surface area (Å²) < 4.78 is 0. The molecule has 1 aromatic rings. The molecule has 0 unspecified atom stereocenters. The molecular weight excluding hydrogens is 234 g/mol. The van der Waals surface area contributed by atoms with Gasteiger partial charge in [-0.3, -0.25) is 4.79 Å². The number of likely N-dealkylation sites (tertiary alicyclic amines) is 1. The van der Waals surface area contributed by atoms with E-state index in [1.54, 1.807) is 11.3 Å². The van der Waals surface area contributed by atoms with Gasteiger partial charge in [0, 0.05) is 30.6 Å². The first kappa shape index (κ1) is 12.4. The summed E-state index contributed by atoms with van der Waals surface area (Å²) in [6, 6.07) is 0. The first-order valence-corrected chi connectivity index (χ1v) is 7.07. The highest BCUT2D eigenvalue weighted by atomic mass is 32.1. The molecule has 1 aliphatic rings. The molecule has 0 aromatic carbocycles. The van der Waals surface area contributed by atoms with E-state index >= 15 is 0 Å². The summed E-state index contributed by atoms with van der Waals surface area (Å²) in [6.45, 7) is 4.71. The van der Waals surface area contributed by atoms with Crippen molar-refractivity contribution in [3.05, 3.63) is 11.1 Å². The minimum absolute atomic E-state index is 0.285. The molecule has 94 valence electrons. The molecule has 1 N–H and O–H groups in total. The van der Waals surface area contributed by atoms with Gasteiger partial charge < -0.3 is 10.2 Å². The largest absolute Gasteiger partial charge is 0.362 e. The minimum Gasteiger partial charge on any atom is -0.362 e. The number of anilines is 1. The molecule has 0 radical (unpaired) electrons. The molecule has 5 heteroatoms. The third-order valence-corrected chi connectivity index (χ3v) is 3.79. The number of carbonyl (C=O) groups excluding carboxylic acids is 1. The van der Waals surface area contributed by atoms with Crippen molar-refractivity contribution in [3.8, 4) is 0 Å². The molecule has 2 heterocycles. The van der Waals surface area contributed by atoms with Crippen LogP contribution in [0.15, 0.2) is 6.20 Å². The molecule has 1 saturated heterocycles. The molecule has 2 rings (SSSR count). The smallest absolute Gasteiger partial charge is 0.222 e. The summed E-state index contributed by atoms with van der Waals surface area (Å²) in [5.41, 5.74) is 0. The summed E-state index contributed by atoms with van der Waals surface area (Å²) in [4.78, 5) is 19.1. The van der Waals surface area contributed by atoms with E-state index < -0.39 is 0 Å². The maximum absolute atomic E-state index is 11.7. The van der Waals surface area contributed by atoms with E-state index in [9.17, 15) is 4.79 Å². The maximum atomic E-state index is 11.7. The average Bonchev–Trinajstić information content (AvgIpc) is 2.77. The second-order valence-electron chi connectivity index (χ2n) is 4.33. The van der Waals surface area contributed by atoms with Crippen LogP contribution in [-0.4, -0.2) is 28.9 Å². The van der Waals surface area contributed by atoms with Gasteiger partial charge in [0.1, 0.15) is 0 Å². The Labute approximate surface area is 106 Å². The first-order chi connectivity index (χ1) is 8.29. The molecular formula is C12H19N3OS. The second-order valence-corrected chi connectivity index (χ2v) is 5.45. The number of rotatable bonds is 5. The van der Waals surface area contributed by atoms with Crippen LogP contribution in [0.4, 0.5) is 5.13 Å². The van der Waals surface area contributed by atoms with E-state index in [4.69, 9.17) is 0 Å². The molecule has 0 spiro atoms. The van der Waals surface area contributed by atoms with E-state index in [1.807, 2.05) is 11.1 Å². The van der Waals surface area contributed by atoms with Crippen LogP contribution in [0.25, 0.3) is 0 Å². The number of nitrogens with zero attached hydrogens (tertiary/aromatic N) is 2. The van der Waals surface area contributed by atoms with Crippen molar-refractivity contribution in [2.45, 2.75) is 39.2 Å². The zero-order valence-corrected chi connectivity index (χ0v) is 11.1. The Balaban J connectivity index is 1.89. The monoisotopic (exact) mass is 253 g/mol. The summed E-state index contributed by atoms with van der Waals surface area (Å²) in [7, 11) is 0. The van der Waals surface area contributed by atoms with E-state index in [0.29, 0.717) is 6.42 Å². The van der Waals surface area contributed by atoms with Gasteiger partial charge in [-0.15, -0.1) is 11.3 Å². The molecule has 1 amide bonds. The molecule has 0 bridgehead atoms. The summed E-state index contributed by atoms with van der Waals surface area (Å²) >= 11 is 1.65. The number of amides is 1. The lowest BCUT2D eigenvalue weighted by molar-refractivity contribution is -0.133. The predicted octanol–water partition coefficient (Wildman–Crippen LogP) is 2.48. The summed E-state index contributed by atoms with van der Waals surface area (Å²) in [6.07, 6.45) is 5.86. The molecule has 0 atom stereocenters. The van der Waals surface area contributed by atoms with Crippen molar-refractivity contribution in [3.63, 3.8) is 0 Å². The molecule has 1 aliphatic heterocycles. The first-order valence-electron chi connectivity index (χ1n) is 6.26. The standard InChI is InChI=1S/C12H19N3OS/c1-2-6-13-12-14-8-10(17-12)9-15-7-4-3-5-11(15)16/h8H,2-7,9H2,1H3,(H,13,14). The van der Waals surface area contributed by atoms with Crippen molar-refractivity contribution in [2.24, 2.45) is 0 Å². The van der Waals surface area contributed by atoms with Crippen molar-refractivity contribution in [1.29, 1.82) is 0 Å².